The summed E-state index contributed by atoms with van der Waals surface area (Å²) >= 11 is 0. The van der Waals surface area contributed by atoms with Crippen LogP contribution in [0.5, 0.6) is 0 Å². The molecule has 0 radical (unpaired) electrons. The number of rotatable bonds is 7. The molecule has 0 aliphatic carbocycles. The van der Waals surface area contributed by atoms with Crippen LogP contribution in [0.1, 0.15) is 23.8 Å². The first-order valence-electron chi connectivity index (χ1n) is 11.3. The van der Waals surface area contributed by atoms with Crippen LogP contribution in [-0.2, 0) is 17.8 Å². The molecule has 1 aliphatic heterocycles. The zero-order valence-corrected chi connectivity index (χ0v) is 18.9. The number of carbonyl (C=O) groups is 1. The Morgan fingerprint density at radius 3 is 2.18 bits per heavy atom. The van der Waals surface area contributed by atoms with E-state index < -0.39 is 0 Å². The lowest BCUT2D eigenvalue weighted by atomic mass is 10.1. The minimum atomic E-state index is 0.0859. The predicted octanol–water partition coefficient (Wildman–Crippen LogP) is 2.77. The van der Waals surface area contributed by atoms with E-state index >= 15 is 0 Å². The van der Waals surface area contributed by atoms with Gasteiger partial charge >= 0.3 is 0 Å². The lowest BCUT2D eigenvalue weighted by molar-refractivity contribution is -0.133. The Labute approximate surface area is 196 Å². The van der Waals surface area contributed by atoms with Gasteiger partial charge in [0.25, 0.3) is 0 Å². The lowest BCUT2D eigenvalue weighted by Crippen LogP contribution is -2.48. The molecule has 5 rings (SSSR count). The van der Waals surface area contributed by atoms with Crippen molar-refractivity contribution in [2.75, 3.05) is 26.2 Å². The normalized spacial score (nSPS) is 14.4. The molecule has 3 aromatic heterocycles. The maximum atomic E-state index is 12.7. The maximum absolute atomic E-state index is 12.7. The fraction of sp³-hybridized carbons (Fsp3) is 0.333. The molecular weight excluding hydrogens is 434 g/mol. The molecule has 4 heterocycles. The Balaban J connectivity index is 1.08. The third-order valence-corrected chi connectivity index (χ3v) is 5.82. The molecule has 0 spiro atoms. The van der Waals surface area contributed by atoms with E-state index in [-0.39, 0.29) is 5.91 Å². The number of pyridine rings is 1. The largest absolute Gasteiger partial charge is 0.340 e. The Bertz CT molecular complexity index is 1230. The molecule has 0 bridgehead atoms. The van der Waals surface area contributed by atoms with Gasteiger partial charge in [0.15, 0.2) is 0 Å². The van der Waals surface area contributed by atoms with Crippen molar-refractivity contribution in [2.45, 2.75) is 26.3 Å². The van der Waals surface area contributed by atoms with Crippen molar-refractivity contribution >= 4 is 5.91 Å². The Hall–Kier alpha value is -3.92. The summed E-state index contributed by atoms with van der Waals surface area (Å²) in [6.45, 7) is 5.43. The van der Waals surface area contributed by atoms with Crippen molar-refractivity contribution in [3.63, 3.8) is 0 Å². The molecule has 10 heteroatoms. The van der Waals surface area contributed by atoms with Crippen LogP contribution >= 0.6 is 0 Å². The third-order valence-electron chi connectivity index (χ3n) is 5.82. The molecule has 0 saturated carbocycles. The van der Waals surface area contributed by atoms with Crippen LogP contribution < -0.4 is 0 Å². The zero-order valence-electron chi connectivity index (χ0n) is 18.9. The van der Waals surface area contributed by atoms with Crippen LogP contribution in [0.15, 0.2) is 57.8 Å². The van der Waals surface area contributed by atoms with E-state index in [0.717, 1.165) is 24.2 Å². The first-order chi connectivity index (χ1) is 16.6. The molecule has 10 nitrogen and oxygen atoms in total. The van der Waals surface area contributed by atoms with Crippen molar-refractivity contribution in [1.82, 2.24) is 35.1 Å². The minimum Gasteiger partial charge on any atom is -0.340 e. The molecule has 1 aliphatic rings. The van der Waals surface area contributed by atoms with Gasteiger partial charge in [-0.2, -0.15) is 9.97 Å². The van der Waals surface area contributed by atoms with Gasteiger partial charge in [-0.25, -0.2) is 0 Å². The number of benzene rings is 1. The van der Waals surface area contributed by atoms with E-state index in [1.165, 1.54) is 5.56 Å². The van der Waals surface area contributed by atoms with E-state index in [2.05, 4.69) is 30.2 Å². The molecule has 174 valence electrons. The van der Waals surface area contributed by atoms with Gasteiger partial charge in [0.05, 0.1) is 6.54 Å². The van der Waals surface area contributed by atoms with Gasteiger partial charge in [0, 0.05) is 62.5 Å². The van der Waals surface area contributed by atoms with E-state index in [0.29, 0.717) is 55.9 Å². The number of amides is 1. The molecule has 1 fully saturated rings. The summed E-state index contributed by atoms with van der Waals surface area (Å²) in [7, 11) is 0. The molecule has 4 aromatic rings. The molecule has 1 amide bonds. The van der Waals surface area contributed by atoms with Gasteiger partial charge in [-0.15, -0.1) is 0 Å². The van der Waals surface area contributed by atoms with Gasteiger partial charge in [-0.1, -0.05) is 40.1 Å². The van der Waals surface area contributed by atoms with Crippen LogP contribution in [0.3, 0.4) is 0 Å². The van der Waals surface area contributed by atoms with Crippen molar-refractivity contribution in [3.05, 3.63) is 66.1 Å². The van der Waals surface area contributed by atoms with Crippen molar-refractivity contribution in [1.29, 1.82) is 0 Å². The molecule has 1 aromatic carbocycles. The fourth-order valence-corrected chi connectivity index (χ4v) is 3.83. The van der Waals surface area contributed by atoms with Gasteiger partial charge in [-0.3, -0.25) is 14.7 Å². The lowest BCUT2D eigenvalue weighted by Gasteiger charge is -2.33. The van der Waals surface area contributed by atoms with Crippen LogP contribution in [-0.4, -0.2) is 67.2 Å². The summed E-state index contributed by atoms with van der Waals surface area (Å²) < 4.78 is 10.7. The molecule has 0 atom stereocenters. The average Bonchev–Trinajstić information content (AvgIpc) is 3.54. The quantitative estimate of drug-likeness (QED) is 0.411. The van der Waals surface area contributed by atoms with Crippen molar-refractivity contribution < 1.29 is 13.8 Å². The summed E-state index contributed by atoms with van der Waals surface area (Å²) in [4.78, 5) is 29.6. The Morgan fingerprint density at radius 2 is 1.47 bits per heavy atom. The standard InChI is InChI=1S/C24H25N7O3/c1-17-2-4-18(5-3-17)23-27-21(34-29-23)16-30-12-14-31(15-13-30)22(32)7-6-20-26-24(28-33-20)19-8-10-25-11-9-19/h2-5,8-11H,6-7,12-16H2,1H3. The van der Waals surface area contributed by atoms with Crippen LogP contribution in [0.4, 0.5) is 0 Å². The highest BCUT2D eigenvalue weighted by Crippen LogP contribution is 2.18. The van der Waals surface area contributed by atoms with E-state index in [9.17, 15) is 4.79 Å². The van der Waals surface area contributed by atoms with Crippen LogP contribution in [0.2, 0.25) is 0 Å². The Morgan fingerprint density at radius 1 is 0.853 bits per heavy atom. The zero-order chi connectivity index (χ0) is 23.3. The number of hydrogen-bond acceptors (Lipinski definition) is 9. The molecule has 1 saturated heterocycles. The number of hydrogen-bond donors (Lipinski definition) is 0. The summed E-state index contributed by atoms with van der Waals surface area (Å²) in [5, 5.41) is 8.08. The summed E-state index contributed by atoms with van der Waals surface area (Å²) in [5.41, 5.74) is 2.96. The molecule has 0 N–H and O–H groups in total. The van der Waals surface area contributed by atoms with Crippen molar-refractivity contribution in [3.8, 4) is 22.8 Å². The smallest absolute Gasteiger partial charge is 0.241 e. The second-order valence-corrected chi connectivity index (χ2v) is 8.28. The SMILES string of the molecule is Cc1ccc(-c2noc(CN3CCN(C(=O)CCc4nc(-c5ccncc5)no4)CC3)n2)cc1. The first-order valence-corrected chi connectivity index (χ1v) is 11.3. The van der Waals surface area contributed by atoms with E-state index in [4.69, 9.17) is 9.05 Å². The average molecular weight is 460 g/mol. The fourth-order valence-electron chi connectivity index (χ4n) is 3.83. The highest BCUT2D eigenvalue weighted by atomic mass is 16.5. The second-order valence-electron chi connectivity index (χ2n) is 8.28. The highest BCUT2D eigenvalue weighted by Gasteiger charge is 2.23. The second kappa shape index (κ2) is 9.92. The minimum absolute atomic E-state index is 0.0859. The van der Waals surface area contributed by atoms with Gasteiger partial charge in [-0.05, 0) is 19.1 Å². The van der Waals surface area contributed by atoms with E-state index in [1.807, 2.05) is 48.2 Å². The number of nitrogens with zero attached hydrogens (tertiary/aromatic N) is 7. The molecular formula is C24H25N7O3. The number of piperazine rings is 1. The molecule has 0 unspecified atom stereocenters. The summed E-state index contributed by atoms with van der Waals surface area (Å²) in [6.07, 6.45) is 4.11. The highest BCUT2D eigenvalue weighted by molar-refractivity contribution is 5.76. The Kier molecular flexibility index (Phi) is 6.39. The maximum Gasteiger partial charge on any atom is 0.241 e. The van der Waals surface area contributed by atoms with Gasteiger partial charge in [0.2, 0.25) is 29.3 Å². The third kappa shape index (κ3) is 5.18. The predicted molar refractivity (Wildman–Crippen MR) is 122 cm³/mol. The summed E-state index contributed by atoms with van der Waals surface area (Å²) in [5.74, 6) is 2.22. The van der Waals surface area contributed by atoms with Gasteiger partial charge in [0.1, 0.15) is 0 Å². The van der Waals surface area contributed by atoms with Crippen LogP contribution in [0, 0.1) is 6.92 Å². The summed E-state index contributed by atoms with van der Waals surface area (Å²) in [6, 6.07) is 11.7. The van der Waals surface area contributed by atoms with E-state index in [1.54, 1.807) is 12.4 Å². The first kappa shape index (κ1) is 21.9. The number of carbonyl (C=O) groups excluding carboxylic acids is 1. The van der Waals surface area contributed by atoms with Crippen molar-refractivity contribution in [2.24, 2.45) is 0 Å². The number of aromatic nitrogens is 5. The van der Waals surface area contributed by atoms with Gasteiger partial charge < -0.3 is 13.9 Å². The topological polar surface area (TPSA) is 114 Å². The molecule has 34 heavy (non-hydrogen) atoms. The van der Waals surface area contributed by atoms with Crippen LogP contribution in [0.25, 0.3) is 22.8 Å². The number of aryl methyl sites for hydroxylation is 2. The monoisotopic (exact) mass is 459 g/mol.